The number of rotatable bonds is 4. The van der Waals surface area contributed by atoms with Crippen LogP contribution in [0.2, 0.25) is 4.34 Å². The molecule has 15 heavy (non-hydrogen) atoms. The predicted molar refractivity (Wildman–Crippen MR) is 69.7 cm³/mol. The molecule has 0 aliphatic carbocycles. The first-order chi connectivity index (χ1) is 7.24. The number of thiophene rings is 1. The zero-order valence-electron chi connectivity index (χ0n) is 7.67. The van der Waals surface area contributed by atoms with Crippen LogP contribution in [0.3, 0.4) is 0 Å². The van der Waals surface area contributed by atoms with E-state index >= 15 is 0 Å². The van der Waals surface area contributed by atoms with E-state index in [0.29, 0.717) is 0 Å². The van der Waals surface area contributed by atoms with Crippen molar-refractivity contribution >= 4 is 50.2 Å². The van der Waals surface area contributed by atoms with Gasteiger partial charge in [0, 0.05) is 27.8 Å². The number of halogens is 2. The molecule has 0 aliphatic heterocycles. The molecule has 0 spiro atoms. The van der Waals surface area contributed by atoms with Crippen molar-refractivity contribution < 1.29 is 0 Å². The molecule has 0 radical (unpaired) electrons. The van der Waals surface area contributed by atoms with Gasteiger partial charge in [0.1, 0.15) is 9.34 Å². The summed E-state index contributed by atoms with van der Waals surface area (Å²) in [4.78, 5) is 5.48. The molecule has 2 nitrogen and oxygen atoms in total. The highest BCUT2D eigenvalue weighted by Crippen LogP contribution is 2.20. The SMILES string of the molecule is Clc1cnc(CNCc2cc(Br)cs2)s1. The first kappa shape index (κ1) is 11.5. The Bertz CT molecular complexity index is 401. The normalized spacial score (nSPS) is 10.8. The van der Waals surface area contributed by atoms with Crippen LogP contribution in [-0.2, 0) is 13.1 Å². The maximum Gasteiger partial charge on any atom is 0.113 e. The zero-order valence-corrected chi connectivity index (χ0v) is 11.6. The molecule has 0 unspecified atom stereocenters. The highest BCUT2D eigenvalue weighted by atomic mass is 79.9. The average Bonchev–Trinajstić information content (AvgIpc) is 2.76. The summed E-state index contributed by atoms with van der Waals surface area (Å²) in [5.41, 5.74) is 0. The van der Waals surface area contributed by atoms with Crippen molar-refractivity contribution in [2.45, 2.75) is 13.1 Å². The number of hydrogen-bond donors (Lipinski definition) is 1. The average molecular weight is 324 g/mol. The summed E-state index contributed by atoms with van der Waals surface area (Å²) in [6, 6.07) is 2.12. The van der Waals surface area contributed by atoms with E-state index in [-0.39, 0.29) is 0 Å². The van der Waals surface area contributed by atoms with Gasteiger partial charge in [0.15, 0.2) is 0 Å². The number of nitrogens with zero attached hydrogens (tertiary/aromatic N) is 1. The van der Waals surface area contributed by atoms with Crippen LogP contribution >= 0.6 is 50.2 Å². The quantitative estimate of drug-likeness (QED) is 0.922. The maximum atomic E-state index is 5.78. The van der Waals surface area contributed by atoms with Crippen molar-refractivity contribution in [3.8, 4) is 0 Å². The van der Waals surface area contributed by atoms with Crippen molar-refractivity contribution in [3.63, 3.8) is 0 Å². The minimum atomic E-state index is 0.741. The van der Waals surface area contributed by atoms with Gasteiger partial charge in [-0.1, -0.05) is 11.6 Å². The fraction of sp³-hybridized carbons (Fsp3) is 0.222. The molecule has 0 aliphatic rings. The van der Waals surface area contributed by atoms with E-state index in [1.165, 1.54) is 16.2 Å². The molecule has 6 heteroatoms. The third kappa shape index (κ3) is 3.53. The van der Waals surface area contributed by atoms with Crippen LogP contribution in [0.1, 0.15) is 9.88 Å². The van der Waals surface area contributed by atoms with Crippen LogP contribution in [-0.4, -0.2) is 4.98 Å². The van der Waals surface area contributed by atoms with E-state index in [9.17, 15) is 0 Å². The second-order valence-electron chi connectivity index (χ2n) is 2.89. The van der Waals surface area contributed by atoms with Crippen LogP contribution in [0.4, 0.5) is 0 Å². The lowest BCUT2D eigenvalue weighted by atomic mass is 10.4. The molecular formula is C9H8BrClN2S2. The van der Waals surface area contributed by atoms with Gasteiger partial charge in [-0.15, -0.1) is 22.7 Å². The smallest absolute Gasteiger partial charge is 0.113 e. The molecule has 2 rings (SSSR count). The zero-order chi connectivity index (χ0) is 10.7. The van der Waals surface area contributed by atoms with Gasteiger partial charge in [-0.2, -0.15) is 0 Å². The summed E-state index contributed by atoms with van der Waals surface area (Å²) in [6.07, 6.45) is 1.69. The number of aromatic nitrogens is 1. The van der Waals surface area contributed by atoms with Gasteiger partial charge in [0.05, 0.1) is 6.20 Å². The van der Waals surface area contributed by atoms with E-state index < -0.39 is 0 Å². The van der Waals surface area contributed by atoms with Crippen LogP contribution in [0, 0.1) is 0 Å². The molecule has 0 bridgehead atoms. The van der Waals surface area contributed by atoms with Crippen molar-refractivity contribution in [2.75, 3.05) is 0 Å². The Labute approximate surface area is 109 Å². The first-order valence-corrected chi connectivity index (χ1v) is 7.14. The summed E-state index contributed by atoms with van der Waals surface area (Å²) in [7, 11) is 0. The predicted octanol–water partition coefficient (Wildman–Crippen LogP) is 3.91. The van der Waals surface area contributed by atoms with Crippen molar-refractivity contribution in [2.24, 2.45) is 0 Å². The van der Waals surface area contributed by atoms with Crippen molar-refractivity contribution in [1.29, 1.82) is 0 Å². The molecule has 2 heterocycles. The van der Waals surface area contributed by atoms with Crippen LogP contribution in [0.15, 0.2) is 22.1 Å². The summed E-state index contributed by atoms with van der Waals surface area (Å²) in [5, 5.41) is 6.43. The second kappa shape index (κ2) is 5.41. The fourth-order valence-corrected chi connectivity index (χ4v) is 3.46. The van der Waals surface area contributed by atoms with E-state index in [0.717, 1.165) is 26.9 Å². The van der Waals surface area contributed by atoms with Gasteiger partial charge in [-0.3, -0.25) is 0 Å². The summed E-state index contributed by atoms with van der Waals surface area (Å²) in [6.45, 7) is 1.64. The molecule has 0 aromatic carbocycles. The third-order valence-electron chi connectivity index (χ3n) is 1.72. The Morgan fingerprint density at radius 2 is 2.33 bits per heavy atom. The van der Waals surface area contributed by atoms with Crippen LogP contribution < -0.4 is 5.32 Å². The molecular weight excluding hydrogens is 316 g/mol. The summed E-state index contributed by atoms with van der Waals surface area (Å²) < 4.78 is 1.88. The van der Waals surface area contributed by atoms with E-state index in [1.807, 2.05) is 0 Å². The van der Waals surface area contributed by atoms with Crippen LogP contribution in [0.25, 0.3) is 0 Å². The minimum Gasteiger partial charge on any atom is -0.306 e. The number of nitrogens with one attached hydrogen (secondary N) is 1. The lowest BCUT2D eigenvalue weighted by Gasteiger charge is -1.98. The molecule has 2 aromatic heterocycles. The highest BCUT2D eigenvalue weighted by Gasteiger charge is 2.00. The molecule has 0 saturated carbocycles. The van der Waals surface area contributed by atoms with Gasteiger partial charge >= 0.3 is 0 Å². The van der Waals surface area contributed by atoms with Gasteiger partial charge in [0.25, 0.3) is 0 Å². The molecule has 1 N–H and O–H groups in total. The van der Waals surface area contributed by atoms with Crippen molar-refractivity contribution in [1.82, 2.24) is 10.3 Å². The van der Waals surface area contributed by atoms with Crippen molar-refractivity contribution in [3.05, 3.63) is 36.3 Å². The Hall–Kier alpha value is 0.0600. The van der Waals surface area contributed by atoms with E-state index in [1.54, 1.807) is 17.5 Å². The van der Waals surface area contributed by atoms with Gasteiger partial charge in [-0.25, -0.2) is 4.98 Å². The molecule has 0 amide bonds. The topological polar surface area (TPSA) is 24.9 Å². The third-order valence-corrected chi connectivity index (χ3v) is 4.54. The fourth-order valence-electron chi connectivity index (χ4n) is 1.11. The Balaban J connectivity index is 1.80. The Kier molecular flexibility index (Phi) is 4.16. The summed E-state index contributed by atoms with van der Waals surface area (Å²) >= 11 is 12.5. The molecule has 80 valence electrons. The number of hydrogen-bond acceptors (Lipinski definition) is 4. The monoisotopic (exact) mass is 322 g/mol. The minimum absolute atomic E-state index is 0.741. The molecule has 0 fully saturated rings. The highest BCUT2D eigenvalue weighted by molar-refractivity contribution is 9.10. The van der Waals surface area contributed by atoms with Crippen LogP contribution in [0.5, 0.6) is 0 Å². The largest absolute Gasteiger partial charge is 0.306 e. The standard InChI is InChI=1S/C9H8BrClN2S2/c10-6-1-7(14-5-6)2-12-4-9-13-3-8(11)15-9/h1,3,5,12H,2,4H2. The number of thiazole rings is 1. The van der Waals surface area contributed by atoms with Gasteiger partial charge in [0.2, 0.25) is 0 Å². The Morgan fingerprint density at radius 1 is 1.47 bits per heavy atom. The second-order valence-corrected chi connectivity index (χ2v) is 6.55. The Morgan fingerprint density at radius 3 is 2.93 bits per heavy atom. The molecule has 0 atom stereocenters. The maximum absolute atomic E-state index is 5.78. The molecule has 0 saturated heterocycles. The first-order valence-electron chi connectivity index (χ1n) is 4.28. The lowest BCUT2D eigenvalue weighted by Crippen LogP contribution is -2.11. The van der Waals surface area contributed by atoms with E-state index in [4.69, 9.17) is 11.6 Å². The lowest BCUT2D eigenvalue weighted by molar-refractivity contribution is 0.697. The van der Waals surface area contributed by atoms with Gasteiger partial charge < -0.3 is 5.32 Å². The molecule has 2 aromatic rings. The van der Waals surface area contributed by atoms with E-state index in [2.05, 4.69) is 37.7 Å². The van der Waals surface area contributed by atoms with Gasteiger partial charge in [-0.05, 0) is 22.0 Å². The summed E-state index contributed by atoms with van der Waals surface area (Å²) in [5.74, 6) is 0.